The van der Waals surface area contributed by atoms with Crippen LogP contribution in [0.25, 0.3) is 11.1 Å². The number of aryl methyl sites for hydroxylation is 2. The van der Waals surface area contributed by atoms with Crippen molar-refractivity contribution in [3.05, 3.63) is 95.6 Å². The van der Waals surface area contributed by atoms with Crippen molar-refractivity contribution in [3.8, 4) is 11.1 Å². The SMILES string of the molecule is Cc1cccc(C)c1.O=Cc1ccccc1-c1ccccc1.O=P. The molecule has 2 nitrogen and oxygen atoms in total. The molecule has 0 atom stereocenters. The predicted octanol–water partition coefficient (Wildman–Crippen LogP) is 5.94. The van der Waals surface area contributed by atoms with Gasteiger partial charge in [-0.05, 0) is 25.0 Å². The van der Waals surface area contributed by atoms with E-state index in [1.54, 1.807) is 9.12 Å². The molecule has 0 spiro atoms. The Hall–Kier alpha value is -2.57. The summed E-state index contributed by atoms with van der Waals surface area (Å²) in [5.74, 6) is 0. The van der Waals surface area contributed by atoms with Crippen LogP contribution in [0.4, 0.5) is 0 Å². The van der Waals surface area contributed by atoms with Crippen molar-refractivity contribution in [1.29, 1.82) is 0 Å². The van der Waals surface area contributed by atoms with Gasteiger partial charge in [-0.25, -0.2) is 0 Å². The van der Waals surface area contributed by atoms with Crippen molar-refractivity contribution in [2.24, 2.45) is 0 Å². The van der Waals surface area contributed by atoms with Gasteiger partial charge in [-0.1, -0.05) is 90.0 Å². The maximum atomic E-state index is 10.8. The molecule has 0 aliphatic carbocycles. The lowest BCUT2D eigenvalue weighted by molar-refractivity contribution is 0.112. The Kier molecular flexibility index (Phi) is 8.96. The molecule has 0 bridgehead atoms. The summed E-state index contributed by atoms with van der Waals surface area (Å²) >= 11 is 0. The van der Waals surface area contributed by atoms with Crippen LogP contribution in [0.3, 0.4) is 0 Å². The summed E-state index contributed by atoms with van der Waals surface area (Å²) in [6.45, 7) is 4.21. The Labute approximate surface area is 145 Å². The maximum absolute atomic E-state index is 10.8. The van der Waals surface area contributed by atoms with E-state index in [9.17, 15) is 4.79 Å². The van der Waals surface area contributed by atoms with Gasteiger partial charge in [-0.3, -0.25) is 9.36 Å². The first kappa shape index (κ1) is 19.5. The minimum Gasteiger partial charge on any atom is -0.298 e. The van der Waals surface area contributed by atoms with Gasteiger partial charge in [-0.15, -0.1) is 0 Å². The minimum atomic E-state index is 0.735. The Morgan fingerprint density at radius 2 is 1.25 bits per heavy atom. The first-order chi connectivity index (χ1) is 11.7. The molecule has 0 unspecified atom stereocenters. The maximum Gasteiger partial charge on any atom is 0.150 e. The number of carbonyl (C=O) groups excluding carboxylic acids is 1. The molecule has 0 amide bonds. The highest BCUT2D eigenvalue weighted by Gasteiger charge is 2.01. The van der Waals surface area contributed by atoms with Gasteiger partial charge < -0.3 is 0 Å². The molecule has 3 rings (SSSR count). The normalized spacial score (nSPS) is 8.92. The molecule has 3 aromatic carbocycles. The third kappa shape index (κ3) is 6.28. The summed E-state index contributed by atoms with van der Waals surface area (Å²) in [4.78, 5) is 10.8. The van der Waals surface area contributed by atoms with Crippen LogP contribution in [0.2, 0.25) is 0 Å². The average Bonchev–Trinajstić information content (AvgIpc) is 2.64. The number of hydrogen-bond donors (Lipinski definition) is 0. The van der Waals surface area contributed by atoms with Gasteiger partial charge in [0.1, 0.15) is 9.12 Å². The highest BCUT2D eigenvalue weighted by molar-refractivity contribution is 7.00. The Morgan fingerprint density at radius 3 is 1.75 bits per heavy atom. The zero-order valence-corrected chi connectivity index (χ0v) is 14.9. The molecule has 0 radical (unpaired) electrons. The van der Waals surface area contributed by atoms with Gasteiger partial charge in [0, 0.05) is 5.56 Å². The van der Waals surface area contributed by atoms with Crippen LogP contribution in [-0.4, -0.2) is 6.29 Å². The van der Waals surface area contributed by atoms with E-state index in [1.807, 2.05) is 54.6 Å². The zero-order valence-electron chi connectivity index (χ0n) is 13.9. The molecule has 3 aromatic rings. The van der Waals surface area contributed by atoms with Gasteiger partial charge in [0.2, 0.25) is 0 Å². The van der Waals surface area contributed by atoms with Crippen LogP contribution in [0.5, 0.6) is 0 Å². The van der Waals surface area contributed by atoms with E-state index in [0.29, 0.717) is 0 Å². The van der Waals surface area contributed by atoms with Crippen molar-refractivity contribution in [3.63, 3.8) is 0 Å². The van der Waals surface area contributed by atoms with Crippen molar-refractivity contribution in [1.82, 2.24) is 0 Å². The van der Waals surface area contributed by atoms with Crippen LogP contribution in [0.1, 0.15) is 21.5 Å². The molecule has 0 aromatic heterocycles. The standard InChI is InChI=1S/C13H10O.C8H10.HOP/c14-10-12-8-4-5-9-13(12)11-6-2-1-3-7-11;1-7-4-3-5-8(2)6-7;1-2/h1-10H;3-6H,1-2H3;2H. The zero-order chi connectivity index (χ0) is 17.8. The van der Waals surface area contributed by atoms with Gasteiger partial charge in [0.15, 0.2) is 6.29 Å². The molecule has 0 saturated carbocycles. The predicted molar refractivity (Wildman–Crippen MR) is 102 cm³/mol. The second kappa shape index (κ2) is 11.0. The molecule has 0 aliphatic rings. The van der Waals surface area contributed by atoms with Crippen molar-refractivity contribution in [2.75, 3.05) is 0 Å². The first-order valence-corrected chi connectivity index (χ1v) is 7.95. The van der Waals surface area contributed by atoms with E-state index in [4.69, 9.17) is 4.57 Å². The molecule has 0 aliphatic heterocycles. The quantitative estimate of drug-likeness (QED) is 0.428. The fraction of sp³-hybridized carbons (Fsp3) is 0.0952. The largest absolute Gasteiger partial charge is 0.298 e. The van der Waals surface area contributed by atoms with Gasteiger partial charge in [0.25, 0.3) is 0 Å². The summed E-state index contributed by atoms with van der Waals surface area (Å²) < 4.78 is 8.06. The Bertz CT molecular complexity index is 737. The molecule has 0 saturated heterocycles. The monoisotopic (exact) mass is 336 g/mol. The van der Waals surface area contributed by atoms with Crippen LogP contribution in [0.15, 0.2) is 78.9 Å². The molecule has 3 heteroatoms. The third-order valence-corrected chi connectivity index (χ3v) is 3.35. The number of hydrogen-bond acceptors (Lipinski definition) is 2. The number of carbonyl (C=O) groups is 1. The number of benzene rings is 3. The van der Waals surface area contributed by atoms with E-state index < -0.39 is 0 Å². The summed E-state index contributed by atoms with van der Waals surface area (Å²) in [7, 11) is 1.72. The second-order valence-corrected chi connectivity index (χ2v) is 5.23. The van der Waals surface area contributed by atoms with E-state index in [-0.39, 0.29) is 0 Å². The van der Waals surface area contributed by atoms with E-state index in [2.05, 4.69) is 38.1 Å². The van der Waals surface area contributed by atoms with Gasteiger partial charge >= 0.3 is 0 Å². The summed E-state index contributed by atoms with van der Waals surface area (Å²) in [5.41, 5.74) is 5.48. The summed E-state index contributed by atoms with van der Waals surface area (Å²) in [6, 6.07) is 26.0. The lowest BCUT2D eigenvalue weighted by Gasteiger charge is -2.03. The van der Waals surface area contributed by atoms with E-state index >= 15 is 0 Å². The molecular weight excluding hydrogens is 315 g/mol. The van der Waals surface area contributed by atoms with Crippen LogP contribution in [0, 0.1) is 13.8 Å². The van der Waals surface area contributed by atoms with E-state index in [1.165, 1.54) is 11.1 Å². The van der Waals surface area contributed by atoms with Crippen LogP contribution in [-0.2, 0) is 4.57 Å². The fourth-order valence-electron chi connectivity index (χ4n) is 2.29. The third-order valence-electron chi connectivity index (χ3n) is 3.35. The van der Waals surface area contributed by atoms with Crippen LogP contribution >= 0.6 is 9.12 Å². The minimum absolute atomic E-state index is 0.735. The lowest BCUT2D eigenvalue weighted by Crippen LogP contribution is -1.85. The Morgan fingerprint density at radius 1 is 0.708 bits per heavy atom. The highest BCUT2D eigenvalue weighted by atomic mass is 31.0. The van der Waals surface area contributed by atoms with E-state index in [0.717, 1.165) is 23.0 Å². The highest BCUT2D eigenvalue weighted by Crippen LogP contribution is 2.21. The first-order valence-electron chi connectivity index (χ1n) is 7.54. The summed E-state index contributed by atoms with van der Waals surface area (Å²) in [5, 5.41) is 0. The average molecular weight is 336 g/mol. The Balaban J connectivity index is 0.000000245. The molecule has 0 heterocycles. The summed E-state index contributed by atoms with van der Waals surface area (Å²) in [6.07, 6.45) is 0.891. The number of rotatable bonds is 2. The van der Waals surface area contributed by atoms with Crippen molar-refractivity contribution < 1.29 is 9.36 Å². The lowest BCUT2D eigenvalue weighted by atomic mass is 10.0. The van der Waals surface area contributed by atoms with Crippen LogP contribution < -0.4 is 0 Å². The molecule has 24 heavy (non-hydrogen) atoms. The smallest absolute Gasteiger partial charge is 0.150 e. The number of aldehydes is 1. The molecule has 0 N–H and O–H groups in total. The topological polar surface area (TPSA) is 34.1 Å². The second-order valence-electron chi connectivity index (χ2n) is 5.23. The van der Waals surface area contributed by atoms with Crippen molar-refractivity contribution in [2.45, 2.75) is 13.8 Å². The van der Waals surface area contributed by atoms with Crippen molar-refractivity contribution >= 4 is 15.4 Å². The fourth-order valence-corrected chi connectivity index (χ4v) is 2.29. The molecule has 0 fully saturated rings. The molecule has 122 valence electrons. The molecular formula is C21H21O2P. The van der Waals surface area contributed by atoms with Gasteiger partial charge in [-0.2, -0.15) is 0 Å². The van der Waals surface area contributed by atoms with Gasteiger partial charge in [0.05, 0.1) is 0 Å².